The third kappa shape index (κ3) is 4.17. The van der Waals surface area contributed by atoms with Crippen LogP contribution in [0.2, 0.25) is 0 Å². The number of benzene rings is 1. The minimum Gasteiger partial charge on any atom is -0.379 e. The molecular formula is C16H17FN2O2S2. The van der Waals surface area contributed by atoms with Crippen molar-refractivity contribution in [1.82, 2.24) is 9.80 Å². The van der Waals surface area contributed by atoms with E-state index in [1.807, 2.05) is 0 Å². The molecule has 2 saturated heterocycles. The molecule has 0 spiro atoms. The van der Waals surface area contributed by atoms with E-state index in [4.69, 9.17) is 17.0 Å². The Kier molecular flexibility index (Phi) is 5.42. The standard InChI is InChI=1S/C16H17FN2O2S2/c17-13-3-1-12(2-4-13)11-14-15(20)19(16(22)23-14)6-5-18-7-9-21-10-8-18/h1-4,11H,5-10H2/b14-11-. The summed E-state index contributed by atoms with van der Waals surface area (Å²) in [5.41, 5.74) is 0.792. The van der Waals surface area contributed by atoms with Crippen molar-refractivity contribution in [3.63, 3.8) is 0 Å². The number of hydrogen-bond acceptors (Lipinski definition) is 5. The van der Waals surface area contributed by atoms with Crippen LogP contribution in [0.15, 0.2) is 29.2 Å². The summed E-state index contributed by atoms with van der Waals surface area (Å²) in [6.45, 7) is 4.64. The van der Waals surface area contributed by atoms with Gasteiger partial charge in [-0.25, -0.2) is 4.39 Å². The van der Waals surface area contributed by atoms with Crippen molar-refractivity contribution in [2.75, 3.05) is 39.4 Å². The maximum Gasteiger partial charge on any atom is 0.266 e. The molecule has 23 heavy (non-hydrogen) atoms. The highest BCUT2D eigenvalue weighted by atomic mass is 32.2. The highest BCUT2D eigenvalue weighted by molar-refractivity contribution is 8.26. The number of carbonyl (C=O) groups is 1. The average Bonchev–Trinajstić information content (AvgIpc) is 2.82. The molecule has 0 N–H and O–H groups in total. The Morgan fingerprint density at radius 3 is 2.61 bits per heavy atom. The number of thiocarbonyl (C=S) groups is 1. The molecule has 7 heteroatoms. The summed E-state index contributed by atoms with van der Waals surface area (Å²) in [7, 11) is 0. The molecule has 0 aliphatic carbocycles. The first-order valence-corrected chi connectivity index (χ1v) is 8.67. The molecule has 0 unspecified atom stereocenters. The number of rotatable bonds is 4. The van der Waals surface area contributed by atoms with E-state index in [9.17, 15) is 9.18 Å². The highest BCUT2D eigenvalue weighted by Gasteiger charge is 2.32. The van der Waals surface area contributed by atoms with Gasteiger partial charge < -0.3 is 4.74 Å². The summed E-state index contributed by atoms with van der Waals surface area (Å²) in [6.07, 6.45) is 1.76. The fourth-order valence-corrected chi connectivity index (χ4v) is 3.78. The Morgan fingerprint density at radius 1 is 1.22 bits per heavy atom. The van der Waals surface area contributed by atoms with Crippen molar-refractivity contribution >= 4 is 40.3 Å². The Bertz CT molecular complexity index is 627. The predicted molar refractivity (Wildman–Crippen MR) is 93.5 cm³/mol. The number of thioether (sulfide) groups is 1. The predicted octanol–water partition coefficient (Wildman–Crippen LogP) is 2.36. The SMILES string of the molecule is O=C1/C(=C/c2ccc(F)cc2)SC(=S)N1CCN1CCOCC1. The van der Waals surface area contributed by atoms with Gasteiger partial charge in [-0.2, -0.15) is 0 Å². The molecule has 0 radical (unpaired) electrons. The van der Waals surface area contributed by atoms with Crippen LogP contribution in [0.3, 0.4) is 0 Å². The average molecular weight is 352 g/mol. The molecule has 4 nitrogen and oxygen atoms in total. The van der Waals surface area contributed by atoms with Crippen LogP contribution in [0.1, 0.15) is 5.56 Å². The highest BCUT2D eigenvalue weighted by Crippen LogP contribution is 2.32. The quantitative estimate of drug-likeness (QED) is 0.614. The number of halogens is 1. The minimum atomic E-state index is -0.291. The lowest BCUT2D eigenvalue weighted by atomic mass is 10.2. The molecule has 1 amide bonds. The summed E-state index contributed by atoms with van der Waals surface area (Å²) >= 11 is 6.62. The second-order valence-corrected chi connectivity index (χ2v) is 7.01. The van der Waals surface area contributed by atoms with Gasteiger partial charge >= 0.3 is 0 Å². The van der Waals surface area contributed by atoms with Crippen molar-refractivity contribution in [1.29, 1.82) is 0 Å². The summed E-state index contributed by atoms with van der Waals surface area (Å²) in [5.74, 6) is -0.363. The lowest BCUT2D eigenvalue weighted by Gasteiger charge is -2.28. The van der Waals surface area contributed by atoms with Gasteiger partial charge in [-0.15, -0.1) is 0 Å². The van der Waals surface area contributed by atoms with E-state index in [-0.39, 0.29) is 11.7 Å². The van der Waals surface area contributed by atoms with Gasteiger partial charge in [-0.3, -0.25) is 14.6 Å². The second-order valence-electron chi connectivity index (χ2n) is 5.34. The fraction of sp³-hybridized carbons (Fsp3) is 0.375. The molecule has 0 aromatic heterocycles. The van der Waals surface area contributed by atoms with Gasteiger partial charge in [-0.05, 0) is 23.8 Å². The normalized spacial score (nSPS) is 21.4. The van der Waals surface area contributed by atoms with Crippen LogP contribution >= 0.6 is 24.0 Å². The van der Waals surface area contributed by atoms with Gasteiger partial charge in [0.05, 0.1) is 18.1 Å². The van der Waals surface area contributed by atoms with E-state index in [2.05, 4.69) is 4.90 Å². The number of morpholine rings is 1. The van der Waals surface area contributed by atoms with Gasteiger partial charge in [0, 0.05) is 26.2 Å². The third-order valence-electron chi connectivity index (χ3n) is 3.78. The first-order chi connectivity index (χ1) is 11.1. The Labute approximate surface area is 144 Å². The van der Waals surface area contributed by atoms with Crippen LogP contribution in [0, 0.1) is 5.82 Å². The topological polar surface area (TPSA) is 32.8 Å². The van der Waals surface area contributed by atoms with Crippen LogP contribution in [0.5, 0.6) is 0 Å². The lowest BCUT2D eigenvalue weighted by Crippen LogP contribution is -2.42. The molecule has 122 valence electrons. The zero-order chi connectivity index (χ0) is 16.2. The molecule has 2 aliphatic heterocycles. The van der Waals surface area contributed by atoms with Crippen molar-refractivity contribution in [2.45, 2.75) is 0 Å². The second kappa shape index (κ2) is 7.53. The summed E-state index contributed by atoms with van der Waals surface area (Å²) in [6, 6.07) is 6.06. The fourth-order valence-electron chi connectivity index (χ4n) is 2.47. The molecule has 1 aromatic carbocycles. The molecule has 2 heterocycles. The summed E-state index contributed by atoms with van der Waals surface area (Å²) < 4.78 is 18.8. The van der Waals surface area contributed by atoms with Crippen molar-refractivity contribution in [3.05, 3.63) is 40.6 Å². The van der Waals surface area contributed by atoms with Crippen LogP contribution in [0.25, 0.3) is 6.08 Å². The maximum absolute atomic E-state index is 12.9. The number of hydrogen-bond donors (Lipinski definition) is 0. The largest absolute Gasteiger partial charge is 0.379 e. The summed E-state index contributed by atoms with van der Waals surface area (Å²) in [5, 5.41) is 0. The molecule has 0 atom stereocenters. The van der Waals surface area contributed by atoms with E-state index in [1.54, 1.807) is 23.1 Å². The Hall–Kier alpha value is -1.28. The molecule has 1 aromatic rings. The Balaban J connectivity index is 1.63. The van der Waals surface area contributed by atoms with Crippen LogP contribution in [-0.4, -0.2) is 59.4 Å². The molecule has 0 bridgehead atoms. The van der Waals surface area contributed by atoms with E-state index in [1.165, 1.54) is 23.9 Å². The first-order valence-electron chi connectivity index (χ1n) is 7.44. The zero-order valence-electron chi connectivity index (χ0n) is 12.5. The molecule has 2 fully saturated rings. The van der Waals surface area contributed by atoms with Crippen molar-refractivity contribution < 1.29 is 13.9 Å². The zero-order valence-corrected chi connectivity index (χ0v) is 14.2. The minimum absolute atomic E-state index is 0.0717. The number of nitrogens with zero attached hydrogens (tertiary/aromatic N) is 2. The monoisotopic (exact) mass is 352 g/mol. The molecule has 0 saturated carbocycles. The lowest BCUT2D eigenvalue weighted by molar-refractivity contribution is -0.122. The smallest absolute Gasteiger partial charge is 0.266 e. The van der Waals surface area contributed by atoms with Crippen LogP contribution < -0.4 is 0 Å². The van der Waals surface area contributed by atoms with Gasteiger partial charge in [0.2, 0.25) is 0 Å². The van der Waals surface area contributed by atoms with E-state index < -0.39 is 0 Å². The van der Waals surface area contributed by atoms with Gasteiger partial charge in [0.15, 0.2) is 0 Å². The third-order valence-corrected chi connectivity index (χ3v) is 5.16. The van der Waals surface area contributed by atoms with Crippen LogP contribution in [0.4, 0.5) is 4.39 Å². The molecular weight excluding hydrogens is 335 g/mol. The Morgan fingerprint density at radius 2 is 1.91 bits per heavy atom. The molecule has 3 rings (SSSR count). The van der Waals surface area contributed by atoms with E-state index in [0.29, 0.717) is 15.8 Å². The van der Waals surface area contributed by atoms with Crippen molar-refractivity contribution in [3.8, 4) is 0 Å². The number of ether oxygens (including phenoxy) is 1. The number of carbonyl (C=O) groups excluding carboxylic acids is 1. The van der Waals surface area contributed by atoms with Gasteiger partial charge in [-0.1, -0.05) is 36.1 Å². The van der Waals surface area contributed by atoms with Crippen LogP contribution in [-0.2, 0) is 9.53 Å². The van der Waals surface area contributed by atoms with E-state index >= 15 is 0 Å². The van der Waals surface area contributed by atoms with Crippen molar-refractivity contribution in [2.24, 2.45) is 0 Å². The van der Waals surface area contributed by atoms with Gasteiger partial charge in [0.25, 0.3) is 5.91 Å². The summed E-state index contributed by atoms with van der Waals surface area (Å²) in [4.78, 5) is 17.0. The molecule has 2 aliphatic rings. The van der Waals surface area contributed by atoms with Gasteiger partial charge in [0.1, 0.15) is 10.1 Å². The first kappa shape index (κ1) is 16.6. The number of amides is 1. The maximum atomic E-state index is 12.9. The van der Waals surface area contributed by atoms with E-state index in [0.717, 1.165) is 38.4 Å².